The van der Waals surface area contributed by atoms with Gasteiger partial charge in [0.1, 0.15) is 5.84 Å². The number of amidine groups is 1. The van der Waals surface area contributed by atoms with E-state index in [1.165, 1.54) is 6.07 Å². The van der Waals surface area contributed by atoms with Crippen molar-refractivity contribution in [2.45, 2.75) is 37.6 Å². The topological polar surface area (TPSA) is 138 Å². The van der Waals surface area contributed by atoms with Gasteiger partial charge in [0.25, 0.3) is 15.9 Å². The molecule has 1 amide bonds. The lowest BCUT2D eigenvalue weighted by Gasteiger charge is -2.18. The predicted molar refractivity (Wildman–Crippen MR) is 101 cm³/mol. The van der Waals surface area contributed by atoms with Gasteiger partial charge in [-0.25, -0.2) is 13.2 Å². The Morgan fingerprint density at radius 1 is 1.36 bits per heavy atom. The number of carbonyl (C=O) groups excluding carboxylic acids is 2. The van der Waals surface area contributed by atoms with E-state index in [4.69, 9.17) is 10.00 Å². The Balaban J connectivity index is 2.17. The van der Waals surface area contributed by atoms with Crippen LogP contribution < -0.4 is 10.0 Å². The van der Waals surface area contributed by atoms with Gasteiger partial charge in [-0.2, -0.15) is 5.26 Å². The van der Waals surface area contributed by atoms with E-state index in [9.17, 15) is 18.0 Å². The van der Waals surface area contributed by atoms with Crippen LogP contribution >= 0.6 is 0 Å². The maximum absolute atomic E-state index is 12.5. The van der Waals surface area contributed by atoms with E-state index >= 15 is 0 Å². The van der Waals surface area contributed by atoms with E-state index in [-0.39, 0.29) is 29.6 Å². The summed E-state index contributed by atoms with van der Waals surface area (Å²) in [5.74, 6) is -1.40. The number of benzene rings is 1. The van der Waals surface area contributed by atoms with Crippen LogP contribution in [-0.2, 0) is 24.3 Å². The molecule has 1 aromatic carbocycles. The minimum Gasteiger partial charge on any atom is -0.454 e. The molecule has 2 rings (SSSR count). The van der Waals surface area contributed by atoms with E-state index < -0.39 is 34.5 Å². The second-order valence-electron chi connectivity index (χ2n) is 6.28. The Hall–Kier alpha value is -2.93. The number of aliphatic imine (C=N–C) groups is 1. The molecular formula is C18H22N4O5S. The highest BCUT2D eigenvalue weighted by Gasteiger charge is 2.33. The first-order valence-electron chi connectivity index (χ1n) is 8.80. The van der Waals surface area contributed by atoms with Crippen molar-refractivity contribution in [1.29, 1.82) is 5.26 Å². The van der Waals surface area contributed by atoms with Crippen molar-refractivity contribution in [2.24, 2.45) is 10.9 Å². The number of carbonyl (C=O) groups is 2. The van der Waals surface area contributed by atoms with Gasteiger partial charge in [-0.15, -0.1) is 0 Å². The third-order valence-corrected chi connectivity index (χ3v) is 5.66. The highest BCUT2D eigenvalue weighted by atomic mass is 32.2. The zero-order valence-corrected chi connectivity index (χ0v) is 16.5. The molecule has 1 heterocycles. The summed E-state index contributed by atoms with van der Waals surface area (Å²) in [5.41, 5.74) is 0.387. The van der Waals surface area contributed by atoms with Crippen molar-refractivity contribution in [3.63, 3.8) is 0 Å². The van der Waals surface area contributed by atoms with Gasteiger partial charge in [0.05, 0.1) is 17.4 Å². The Morgan fingerprint density at radius 3 is 2.75 bits per heavy atom. The van der Waals surface area contributed by atoms with Gasteiger partial charge in [0.2, 0.25) is 0 Å². The number of nitrogens with zero attached hydrogens (tertiary/aromatic N) is 2. The molecule has 0 unspecified atom stereocenters. The zero-order chi connectivity index (χ0) is 20.7. The number of rotatable bonds is 8. The average Bonchev–Trinajstić information content (AvgIpc) is 2.94. The normalized spacial score (nSPS) is 17.7. The summed E-state index contributed by atoms with van der Waals surface area (Å²) in [6.45, 7) is 3.33. The first-order chi connectivity index (χ1) is 13.3. The van der Waals surface area contributed by atoms with Gasteiger partial charge in [-0.3, -0.25) is 14.5 Å². The second kappa shape index (κ2) is 9.32. The number of ether oxygens (including phenoxy) is 1. The maximum Gasteiger partial charge on any atom is 0.331 e. The van der Waals surface area contributed by atoms with Crippen LogP contribution in [0.1, 0.15) is 32.3 Å². The van der Waals surface area contributed by atoms with Crippen molar-refractivity contribution in [2.75, 3.05) is 13.2 Å². The first kappa shape index (κ1) is 21.4. The smallest absolute Gasteiger partial charge is 0.331 e. The quantitative estimate of drug-likeness (QED) is 0.482. The average molecular weight is 406 g/mol. The van der Waals surface area contributed by atoms with Crippen molar-refractivity contribution < 1.29 is 22.7 Å². The summed E-state index contributed by atoms with van der Waals surface area (Å²) in [6, 6.07) is 7.26. The van der Waals surface area contributed by atoms with Crippen molar-refractivity contribution in [1.82, 2.24) is 10.0 Å². The zero-order valence-electron chi connectivity index (χ0n) is 15.6. The molecule has 1 aromatic rings. The number of nitrogens with one attached hydrogen (secondary N) is 2. The number of nitriles is 1. The highest BCUT2D eigenvalue weighted by Crippen LogP contribution is 2.24. The molecule has 0 spiro atoms. The van der Waals surface area contributed by atoms with E-state index in [0.717, 1.165) is 0 Å². The van der Waals surface area contributed by atoms with E-state index in [2.05, 4.69) is 15.0 Å². The highest BCUT2D eigenvalue weighted by molar-refractivity contribution is 7.90. The van der Waals surface area contributed by atoms with E-state index in [1.54, 1.807) is 25.1 Å². The molecule has 1 aliphatic rings. The van der Waals surface area contributed by atoms with Crippen LogP contribution in [0.3, 0.4) is 0 Å². The molecule has 9 nitrogen and oxygen atoms in total. The van der Waals surface area contributed by atoms with Gasteiger partial charge < -0.3 is 10.1 Å². The van der Waals surface area contributed by atoms with Gasteiger partial charge >= 0.3 is 5.97 Å². The first-order valence-corrected chi connectivity index (χ1v) is 10.3. The van der Waals surface area contributed by atoms with Crippen molar-refractivity contribution in [3.8, 4) is 6.07 Å². The number of sulfonamides is 1. The largest absolute Gasteiger partial charge is 0.454 e. The number of amides is 1. The van der Waals surface area contributed by atoms with Crippen LogP contribution in [0, 0.1) is 17.2 Å². The molecular weight excluding hydrogens is 384 g/mol. The Labute approximate surface area is 163 Å². The van der Waals surface area contributed by atoms with Gasteiger partial charge in [0.15, 0.2) is 12.6 Å². The number of esters is 1. The van der Waals surface area contributed by atoms with Crippen molar-refractivity contribution >= 4 is 27.7 Å². The monoisotopic (exact) mass is 406 g/mol. The number of hydrogen-bond acceptors (Lipinski definition) is 7. The Kier molecular flexibility index (Phi) is 7.12. The summed E-state index contributed by atoms with van der Waals surface area (Å²) < 4.78 is 31.8. The second-order valence-corrected chi connectivity index (χ2v) is 7.93. The van der Waals surface area contributed by atoms with Crippen LogP contribution in [0.15, 0.2) is 34.2 Å². The van der Waals surface area contributed by atoms with E-state index in [1.807, 2.05) is 13.0 Å². The van der Waals surface area contributed by atoms with Gasteiger partial charge in [-0.05, 0) is 18.1 Å². The summed E-state index contributed by atoms with van der Waals surface area (Å²) in [6.07, 6.45) is 0.752. The minimum atomic E-state index is -3.72. The fraction of sp³-hybridized carbons (Fsp3) is 0.444. The van der Waals surface area contributed by atoms with Crippen LogP contribution in [0.25, 0.3) is 0 Å². The molecule has 0 aliphatic carbocycles. The Bertz CT molecular complexity index is 920. The molecule has 0 aromatic heterocycles. The minimum absolute atomic E-state index is 0.0799. The molecule has 28 heavy (non-hydrogen) atoms. The third-order valence-electron chi connectivity index (χ3n) is 4.26. The lowest BCUT2D eigenvalue weighted by Crippen LogP contribution is -2.35. The molecule has 1 aliphatic heterocycles. The maximum atomic E-state index is 12.5. The van der Waals surface area contributed by atoms with Crippen LogP contribution in [0.4, 0.5) is 0 Å². The summed E-state index contributed by atoms with van der Waals surface area (Å²) in [4.78, 5) is 28.6. The van der Waals surface area contributed by atoms with Gasteiger partial charge in [-0.1, -0.05) is 32.4 Å². The van der Waals surface area contributed by atoms with Crippen molar-refractivity contribution in [3.05, 3.63) is 29.8 Å². The molecule has 2 atom stereocenters. The summed E-state index contributed by atoms with van der Waals surface area (Å²) >= 11 is 0. The van der Waals surface area contributed by atoms with Crippen LogP contribution in [-0.4, -0.2) is 45.3 Å². The summed E-state index contributed by atoms with van der Waals surface area (Å²) in [7, 11) is -3.72. The molecule has 150 valence electrons. The molecule has 0 bridgehead atoms. The molecule has 2 N–H and O–H groups in total. The predicted octanol–water partition coefficient (Wildman–Crippen LogP) is 0.713. The molecule has 0 fully saturated rings. The lowest BCUT2D eigenvalue weighted by atomic mass is 9.99. The molecule has 10 heteroatoms. The Morgan fingerprint density at radius 2 is 2.07 bits per heavy atom. The standard InChI is InChI=1S/C18H22N4O5S/c1-3-12(2)16(18(24)27-11-15(23)20-10-6-9-19)21-17-13-7-4-5-8-14(13)28(25,26)22-17/h4-5,7-8,12,16H,3,6,10-11H2,1-2H3,(H,20,23)(H,21,22)/t12-,16-/m0/s1. The fourth-order valence-corrected chi connectivity index (χ4v) is 3.77. The SMILES string of the molecule is CC[C@H](C)[C@H](N=C1NS(=O)(=O)c2ccccc21)C(=O)OCC(=O)NCCC#N. The summed E-state index contributed by atoms with van der Waals surface area (Å²) in [5, 5.41) is 10.9. The molecule has 0 saturated heterocycles. The van der Waals surface area contributed by atoms with Crippen LogP contribution in [0.2, 0.25) is 0 Å². The molecule has 0 radical (unpaired) electrons. The van der Waals surface area contributed by atoms with Gasteiger partial charge in [0, 0.05) is 12.1 Å². The van der Waals surface area contributed by atoms with E-state index in [0.29, 0.717) is 12.0 Å². The molecule has 0 saturated carbocycles. The number of fused-ring (bicyclic) bond motifs is 1. The fourth-order valence-electron chi connectivity index (χ4n) is 2.54. The van der Waals surface area contributed by atoms with Crippen LogP contribution in [0.5, 0.6) is 0 Å². The number of hydrogen-bond donors (Lipinski definition) is 2. The third kappa shape index (κ3) is 5.07. The lowest BCUT2D eigenvalue weighted by molar-refractivity contribution is -0.150.